The second-order valence-corrected chi connectivity index (χ2v) is 6.36. The summed E-state index contributed by atoms with van der Waals surface area (Å²) >= 11 is 1.50. The first kappa shape index (κ1) is 18.1. The third-order valence-corrected chi connectivity index (χ3v) is 4.34. The van der Waals surface area contributed by atoms with Gasteiger partial charge in [0.2, 0.25) is 0 Å². The standard InChI is InChI=1S/C18H15F3N2O2S/c19-18(20,21)14-3-1-4-15(9-14)22-17(24)23(10-13-6-8-26-12-13)11-16-5-2-7-25-16/h1-9,12H,10-11H2,(H,22,24). The van der Waals surface area contributed by atoms with Crippen molar-refractivity contribution in [2.24, 2.45) is 0 Å². The summed E-state index contributed by atoms with van der Waals surface area (Å²) in [6.07, 6.45) is -2.96. The number of nitrogens with zero attached hydrogens (tertiary/aromatic N) is 1. The van der Waals surface area contributed by atoms with E-state index < -0.39 is 17.8 Å². The average Bonchev–Trinajstić information content (AvgIpc) is 3.27. The number of benzene rings is 1. The summed E-state index contributed by atoms with van der Waals surface area (Å²) in [5, 5.41) is 6.33. The Bertz CT molecular complexity index is 809. The number of hydrogen-bond donors (Lipinski definition) is 1. The number of carbonyl (C=O) groups excluding carboxylic acids is 1. The van der Waals surface area contributed by atoms with Gasteiger partial charge in [-0.25, -0.2) is 4.79 Å². The number of anilines is 1. The minimum atomic E-state index is -4.47. The maximum absolute atomic E-state index is 12.8. The van der Waals surface area contributed by atoms with Crippen molar-refractivity contribution in [2.45, 2.75) is 19.3 Å². The Morgan fingerprint density at radius 2 is 2.00 bits per heavy atom. The molecule has 1 N–H and O–H groups in total. The summed E-state index contributed by atoms with van der Waals surface area (Å²) in [6, 6.07) is 9.37. The molecule has 0 fully saturated rings. The molecule has 0 aliphatic rings. The average molecular weight is 380 g/mol. The van der Waals surface area contributed by atoms with Gasteiger partial charge in [-0.15, -0.1) is 0 Å². The molecule has 0 radical (unpaired) electrons. The van der Waals surface area contributed by atoms with Gasteiger partial charge in [-0.05, 0) is 52.7 Å². The van der Waals surface area contributed by atoms with Gasteiger partial charge in [0.1, 0.15) is 5.76 Å². The molecule has 0 aliphatic carbocycles. The van der Waals surface area contributed by atoms with Gasteiger partial charge in [0, 0.05) is 12.2 Å². The Hall–Kier alpha value is -2.74. The summed E-state index contributed by atoms with van der Waals surface area (Å²) in [7, 11) is 0. The molecule has 3 aromatic rings. The molecule has 26 heavy (non-hydrogen) atoms. The highest BCUT2D eigenvalue weighted by molar-refractivity contribution is 7.07. The van der Waals surface area contributed by atoms with Crippen LogP contribution in [0.3, 0.4) is 0 Å². The number of alkyl halides is 3. The van der Waals surface area contributed by atoms with Crippen molar-refractivity contribution in [3.63, 3.8) is 0 Å². The minimum Gasteiger partial charge on any atom is -0.467 e. The van der Waals surface area contributed by atoms with Crippen LogP contribution >= 0.6 is 11.3 Å². The summed E-state index contributed by atoms with van der Waals surface area (Å²) < 4.78 is 43.8. The number of carbonyl (C=O) groups is 1. The predicted octanol–water partition coefficient (Wildman–Crippen LogP) is 5.59. The zero-order valence-corrected chi connectivity index (χ0v) is 14.3. The zero-order valence-electron chi connectivity index (χ0n) is 13.5. The number of halogens is 3. The molecule has 2 amide bonds. The SMILES string of the molecule is O=C(Nc1cccc(C(F)(F)F)c1)N(Cc1ccsc1)Cc1ccco1. The van der Waals surface area contributed by atoms with E-state index in [9.17, 15) is 18.0 Å². The van der Waals surface area contributed by atoms with Crippen LogP contribution in [0.25, 0.3) is 0 Å². The molecule has 0 atom stereocenters. The van der Waals surface area contributed by atoms with Gasteiger partial charge in [0.25, 0.3) is 0 Å². The molecule has 136 valence electrons. The Balaban J connectivity index is 1.76. The second-order valence-electron chi connectivity index (χ2n) is 5.58. The Labute approximate surface area is 151 Å². The third-order valence-electron chi connectivity index (χ3n) is 3.61. The summed E-state index contributed by atoms with van der Waals surface area (Å²) in [6.45, 7) is 0.517. The summed E-state index contributed by atoms with van der Waals surface area (Å²) in [4.78, 5) is 14.1. The maximum Gasteiger partial charge on any atom is 0.416 e. The van der Waals surface area contributed by atoms with Crippen LogP contribution in [-0.4, -0.2) is 10.9 Å². The first-order valence-corrected chi connectivity index (χ1v) is 8.63. The number of urea groups is 1. The van der Waals surface area contributed by atoms with Gasteiger partial charge in [-0.1, -0.05) is 6.07 Å². The molecule has 0 saturated heterocycles. The van der Waals surface area contributed by atoms with Gasteiger partial charge in [-0.3, -0.25) is 0 Å². The lowest BCUT2D eigenvalue weighted by molar-refractivity contribution is -0.137. The van der Waals surface area contributed by atoms with E-state index in [0.29, 0.717) is 12.3 Å². The molecule has 4 nitrogen and oxygen atoms in total. The smallest absolute Gasteiger partial charge is 0.416 e. The van der Waals surface area contributed by atoms with Crippen molar-refractivity contribution >= 4 is 23.1 Å². The topological polar surface area (TPSA) is 45.5 Å². The molecule has 2 aromatic heterocycles. The maximum atomic E-state index is 12.8. The monoisotopic (exact) mass is 380 g/mol. The molecule has 0 bridgehead atoms. The van der Waals surface area contributed by atoms with Crippen LogP contribution in [0.1, 0.15) is 16.9 Å². The largest absolute Gasteiger partial charge is 0.467 e. The third kappa shape index (κ3) is 4.66. The van der Waals surface area contributed by atoms with E-state index in [-0.39, 0.29) is 12.2 Å². The zero-order chi connectivity index (χ0) is 18.6. The second kappa shape index (κ2) is 7.65. The fraction of sp³-hybridized carbons (Fsp3) is 0.167. The van der Waals surface area contributed by atoms with E-state index in [1.54, 1.807) is 12.1 Å². The Morgan fingerprint density at radius 1 is 1.15 bits per heavy atom. The fourth-order valence-electron chi connectivity index (χ4n) is 2.37. The first-order valence-electron chi connectivity index (χ1n) is 7.68. The van der Waals surface area contributed by atoms with Crippen LogP contribution in [0.2, 0.25) is 0 Å². The van der Waals surface area contributed by atoms with Crippen molar-refractivity contribution in [1.29, 1.82) is 0 Å². The number of amides is 2. The van der Waals surface area contributed by atoms with Gasteiger partial charge in [0.15, 0.2) is 0 Å². The van der Waals surface area contributed by atoms with E-state index in [1.807, 2.05) is 16.8 Å². The van der Waals surface area contributed by atoms with Crippen LogP contribution in [0.15, 0.2) is 63.9 Å². The fourth-order valence-corrected chi connectivity index (χ4v) is 3.03. The van der Waals surface area contributed by atoms with E-state index in [1.165, 1.54) is 34.6 Å². The lowest BCUT2D eigenvalue weighted by atomic mass is 10.2. The Kier molecular flexibility index (Phi) is 5.32. The van der Waals surface area contributed by atoms with Crippen LogP contribution in [0.5, 0.6) is 0 Å². The predicted molar refractivity (Wildman–Crippen MR) is 92.7 cm³/mol. The van der Waals surface area contributed by atoms with Crippen molar-refractivity contribution in [1.82, 2.24) is 4.90 Å². The molecule has 0 spiro atoms. The first-order chi connectivity index (χ1) is 12.4. The number of thiophene rings is 1. The van der Waals surface area contributed by atoms with Crippen LogP contribution in [0.4, 0.5) is 23.7 Å². The van der Waals surface area contributed by atoms with Crippen molar-refractivity contribution < 1.29 is 22.4 Å². The van der Waals surface area contributed by atoms with Crippen molar-refractivity contribution in [3.05, 3.63) is 76.4 Å². The van der Waals surface area contributed by atoms with Crippen LogP contribution in [-0.2, 0) is 19.3 Å². The van der Waals surface area contributed by atoms with E-state index >= 15 is 0 Å². The molecule has 0 unspecified atom stereocenters. The lowest BCUT2D eigenvalue weighted by Crippen LogP contribution is -2.33. The quantitative estimate of drug-likeness (QED) is 0.627. The van der Waals surface area contributed by atoms with E-state index in [2.05, 4.69) is 5.32 Å². The normalized spacial score (nSPS) is 11.3. The highest BCUT2D eigenvalue weighted by Crippen LogP contribution is 2.30. The van der Waals surface area contributed by atoms with Crippen LogP contribution < -0.4 is 5.32 Å². The molecule has 3 rings (SSSR count). The van der Waals surface area contributed by atoms with Gasteiger partial charge >= 0.3 is 12.2 Å². The van der Waals surface area contributed by atoms with E-state index in [4.69, 9.17) is 4.42 Å². The highest BCUT2D eigenvalue weighted by Gasteiger charge is 2.30. The van der Waals surface area contributed by atoms with Crippen molar-refractivity contribution in [3.8, 4) is 0 Å². The van der Waals surface area contributed by atoms with Gasteiger partial charge < -0.3 is 14.6 Å². The Morgan fingerprint density at radius 3 is 2.65 bits per heavy atom. The number of nitrogens with one attached hydrogen (secondary N) is 1. The van der Waals surface area contributed by atoms with Crippen molar-refractivity contribution in [2.75, 3.05) is 5.32 Å². The molecular weight excluding hydrogens is 365 g/mol. The highest BCUT2D eigenvalue weighted by atomic mass is 32.1. The molecule has 2 heterocycles. The molecule has 8 heteroatoms. The molecule has 0 saturated carbocycles. The minimum absolute atomic E-state index is 0.0830. The summed E-state index contributed by atoms with van der Waals surface area (Å²) in [5.74, 6) is 0.583. The molecule has 0 aliphatic heterocycles. The molecule has 1 aromatic carbocycles. The summed E-state index contributed by atoms with van der Waals surface area (Å²) in [5.41, 5.74) is 0.200. The number of rotatable bonds is 5. The number of hydrogen-bond acceptors (Lipinski definition) is 3. The lowest BCUT2D eigenvalue weighted by Gasteiger charge is -2.22. The number of furan rings is 1. The van der Waals surface area contributed by atoms with Gasteiger partial charge in [0.05, 0.1) is 18.4 Å². The van der Waals surface area contributed by atoms with Crippen LogP contribution in [0, 0.1) is 0 Å². The molecular formula is C18H15F3N2O2S. The van der Waals surface area contributed by atoms with E-state index in [0.717, 1.165) is 17.7 Å². The van der Waals surface area contributed by atoms with Gasteiger partial charge in [-0.2, -0.15) is 24.5 Å².